The van der Waals surface area contributed by atoms with Gasteiger partial charge in [0.25, 0.3) is 5.91 Å². The van der Waals surface area contributed by atoms with Crippen LogP contribution < -0.4 is 5.32 Å². The first-order chi connectivity index (χ1) is 21.6. The number of aromatic nitrogens is 4. The Bertz CT molecular complexity index is 1670. The van der Waals surface area contributed by atoms with Gasteiger partial charge in [0.15, 0.2) is 11.4 Å². The number of rotatable bonds is 10. The summed E-state index contributed by atoms with van der Waals surface area (Å²) in [6.45, 7) is 2.53. The quantitative estimate of drug-likeness (QED) is 0.169. The molecule has 0 unspecified atom stereocenters. The Balaban J connectivity index is 1.22. The number of nitrogens with zero attached hydrogens (tertiary/aromatic N) is 3. The smallest absolute Gasteiger partial charge is 0.253 e. The third-order valence-electron chi connectivity index (χ3n) is 7.70. The highest BCUT2D eigenvalue weighted by molar-refractivity contribution is 7.99. The number of hydrogen-bond donors (Lipinski definition) is 3. The molecule has 1 aliphatic rings. The van der Waals surface area contributed by atoms with Crippen LogP contribution in [0.3, 0.4) is 0 Å². The lowest BCUT2D eigenvalue weighted by molar-refractivity contribution is -0.268. The van der Waals surface area contributed by atoms with Gasteiger partial charge in [-0.15, -0.1) is 0 Å². The van der Waals surface area contributed by atoms with Gasteiger partial charge in [-0.3, -0.25) is 14.9 Å². The van der Waals surface area contributed by atoms with Crippen LogP contribution in [0.25, 0.3) is 11.1 Å². The van der Waals surface area contributed by atoms with Crippen molar-refractivity contribution in [1.82, 2.24) is 25.5 Å². The second-order valence-corrected chi connectivity index (χ2v) is 11.7. The molecule has 0 aliphatic carbocycles. The van der Waals surface area contributed by atoms with E-state index in [0.717, 1.165) is 38.5 Å². The lowest BCUT2D eigenvalue weighted by atomic mass is 9.91. The number of carbonyl (C=O) groups excluding carboxylic acids is 1. The van der Waals surface area contributed by atoms with Crippen molar-refractivity contribution < 1.29 is 19.4 Å². The third-order valence-corrected chi connectivity index (χ3v) is 8.66. The van der Waals surface area contributed by atoms with Crippen LogP contribution in [-0.2, 0) is 22.6 Å². The Morgan fingerprint density at radius 2 is 1.77 bits per heavy atom. The van der Waals surface area contributed by atoms with Gasteiger partial charge in [-0.05, 0) is 52.1 Å². The number of pyridine rings is 1. The van der Waals surface area contributed by atoms with Crippen LogP contribution in [0.5, 0.6) is 0 Å². The first-order valence-corrected chi connectivity index (χ1v) is 15.4. The average Bonchev–Trinajstić information content (AvgIpc) is 3.61. The van der Waals surface area contributed by atoms with Gasteiger partial charge < -0.3 is 19.9 Å². The largest absolute Gasteiger partial charge is 0.392 e. The maximum Gasteiger partial charge on any atom is 0.253 e. The molecule has 224 valence electrons. The van der Waals surface area contributed by atoms with Crippen molar-refractivity contribution >= 4 is 17.7 Å². The second-order valence-electron chi connectivity index (χ2n) is 10.7. The number of carbonyl (C=O) groups is 1. The summed E-state index contributed by atoms with van der Waals surface area (Å²) in [6.07, 6.45) is 3.78. The minimum absolute atomic E-state index is 0.00555. The zero-order chi connectivity index (χ0) is 30.3. The number of amides is 1. The van der Waals surface area contributed by atoms with Gasteiger partial charge in [0, 0.05) is 36.2 Å². The molecule has 1 amide bonds. The molecule has 4 atom stereocenters. The number of hydrogen-bond acceptors (Lipinski definition) is 8. The van der Waals surface area contributed by atoms with Gasteiger partial charge in [-0.25, -0.2) is 4.98 Å². The highest BCUT2D eigenvalue weighted by Crippen LogP contribution is 2.43. The van der Waals surface area contributed by atoms with Crippen LogP contribution in [0.2, 0.25) is 0 Å². The second kappa shape index (κ2) is 14.0. The number of benzene rings is 3. The molecule has 1 fully saturated rings. The fourth-order valence-electron chi connectivity index (χ4n) is 5.24. The van der Waals surface area contributed by atoms with E-state index in [9.17, 15) is 9.90 Å². The summed E-state index contributed by atoms with van der Waals surface area (Å²) in [5.41, 5.74) is 6.36. The highest BCUT2D eigenvalue weighted by Gasteiger charge is 2.38. The fraction of sp³-hybridized carbons (Fsp3) is 0.235. The Hall–Kier alpha value is -4.35. The van der Waals surface area contributed by atoms with E-state index in [1.165, 1.54) is 6.33 Å². The van der Waals surface area contributed by atoms with Crippen molar-refractivity contribution in [3.05, 3.63) is 131 Å². The molecular formula is C34H33N5O4S. The number of aliphatic hydroxyl groups is 1. The van der Waals surface area contributed by atoms with Crippen molar-refractivity contribution in [1.29, 1.82) is 0 Å². The van der Waals surface area contributed by atoms with Crippen molar-refractivity contribution in [2.75, 3.05) is 5.75 Å². The first kappa shape index (κ1) is 29.7. The molecule has 1 saturated heterocycles. The summed E-state index contributed by atoms with van der Waals surface area (Å²) in [5.74, 6) is 0.569. The molecular weight excluding hydrogens is 574 g/mol. The van der Waals surface area contributed by atoms with Gasteiger partial charge in [0.1, 0.15) is 6.33 Å². The summed E-state index contributed by atoms with van der Waals surface area (Å²) in [5, 5.41) is 20.1. The minimum atomic E-state index is -0.587. The topological polar surface area (TPSA) is 122 Å². The number of aliphatic hydroxyl groups excluding tert-OH is 1. The molecule has 10 heteroatoms. The van der Waals surface area contributed by atoms with Crippen molar-refractivity contribution in [3.63, 3.8) is 0 Å². The molecule has 2 aromatic heterocycles. The number of aromatic amines is 1. The summed E-state index contributed by atoms with van der Waals surface area (Å²) in [4.78, 5) is 20.8. The normalized spacial score (nSPS) is 19.9. The monoisotopic (exact) mass is 607 g/mol. The first-order valence-electron chi connectivity index (χ1n) is 14.4. The zero-order valence-electron chi connectivity index (χ0n) is 24.2. The summed E-state index contributed by atoms with van der Waals surface area (Å²) in [6, 6.07) is 27.7. The predicted octanol–water partition coefficient (Wildman–Crippen LogP) is 5.87. The Morgan fingerprint density at radius 1 is 0.955 bits per heavy atom. The van der Waals surface area contributed by atoms with Gasteiger partial charge in [-0.1, -0.05) is 79.3 Å². The van der Waals surface area contributed by atoms with Crippen LogP contribution >= 0.6 is 11.8 Å². The molecule has 5 aromatic rings. The molecule has 3 aromatic carbocycles. The van der Waals surface area contributed by atoms with Crippen LogP contribution in [0.1, 0.15) is 51.9 Å². The maximum atomic E-state index is 12.5. The minimum Gasteiger partial charge on any atom is -0.392 e. The van der Waals surface area contributed by atoms with Gasteiger partial charge in [0.2, 0.25) is 0 Å². The van der Waals surface area contributed by atoms with E-state index in [4.69, 9.17) is 9.47 Å². The molecule has 0 spiro atoms. The average molecular weight is 608 g/mol. The van der Waals surface area contributed by atoms with Crippen molar-refractivity contribution in [2.45, 2.75) is 43.7 Å². The van der Waals surface area contributed by atoms with E-state index >= 15 is 0 Å². The summed E-state index contributed by atoms with van der Waals surface area (Å²) >= 11 is 1.57. The third kappa shape index (κ3) is 7.06. The molecule has 0 bridgehead atoms. The number of nitrogens with one attached hydrogen (secondary N) is 2. The molecule has 9 nitrogen and oxygen atoms in total. The fourth-order valence-corrected chi connectivity index (χ4v) is 6.19. The summed E-state index contributed by atoms with van der Waals surface area (Å²) < 4.78 is 13.3. The van der Waals surface area contributed by atoms with E-state index < -0.39 is 6.29 Å². The number of thioether (sulfide) groups is 1. The Kier molecular flexibility index (Phi) is 9.43. The lowest BCUT2D eigenvalue weighted by Gasteiger charge is -2.41. The SMILES string of the molecule is C[C@H]1[C@@H](CSc2ncn[nH]2)O[C@@H](c2cccc(-c3cccc(CNC(=O)c4cccnc4)c3)c2)O[C@H]1c1ccc(CO)cc1. The van der Waals surface area contributed by atoms with E-state index in [2.05, 4.69) is 56.7 Å². The predicted molar refractivity (Wildman–Crippen MR) is 167 cm³/mol. The van der Waals surface area contributed by atoms with E-state index in [0.29, 0.717) is 17.9 Å². The molecule has 6 rings (SSSR count). The molecule has 1 aliphatic heterocycles. The highest BCUT2D eigenvalue weighted by atomic mass is 32.2. The van der Waals surface area contributed by atoms with Crippen molar-refractivity contribution in [2.24, 2.45) is 5.92 Å². The number of H-pyrrole nitrogens is 1. The lowest BCUT2D eigenvalue weighted by Crippen LogP contribution is -2.38. The van der Waals surface area contributed by atoms with Crippen LogP contribution in [0, 0.1) is 5.92 Å². The van der Waals surface area contributed by atoms with E-state index in [1.807, 2.05) is 48.5 Å². The van der Waals surface area contributed by atoms with Gasteiger partial charge in [-0.2, -0.15) is 5.10 Å². The van der Waals surface area contributed by atoms with Crippen molar-refractivity contribution in [3.8, 4) is 11.1 Å². The number of ether oxygens (including phenoxy) is 2. The summed E-state index contributed by atoms with van der Waals surface area (Å²) in [7, 11) is 0. The van der Waals surface area contributed by atoms with Gasteiger partial charge >= 0.3 is 0 Å². The Labute approximate surface area is 260 Å². The Morgan fingerprint density at radius 3 is 2.52 bits per heavy atom. The van der Waals surface area contributed by atoms with Crippen LogP contribution in [0.15, 0.2) is 109 Å². The van der Waals surface area contributed by atoms with E-state index in [1.54, 1.807) is 36.3 Å². The standard InChI is InChI=1S/C34H33N5O4S/c1-22-30(20-44-34-37-21-38-39-34)42-33(43-31(22)25-12-10-23(19-40)11-13-25)28-8-3-7-27(16-28)26-6-2-5-24(15-26)17-36-32(41)29-9-4-14-35-18-29/h2-16,18,21-22,30-31,33,40H,17,19-20H2,1H3,(H,36,41)(H,37,38,39)/t22-,30+,31+,33+/m0/s1. The van der Waals surface area contributed by atoms with E-state index in [-0.39, 0.29) is 30.6 Å². The van der Waals surface area contributed by atoms with Crippen LogP contribution in [-0.4, -0.2) is 43.0 Å². The van der Waals surface area contributed by atoms with Crippen LogP contribution in [0.4, 0.5) is 0 Å². The molecule has 3 heterocycles. The molecule has 0 saturated carbocycles. The molecule has 44 heavy (non-hydrogen) atoms. The van der Waals surface area contributed by atoms with Gasteiger partial charge in [0.05, 0.1) is 24.4 Å². The molecule has 3 N–H and O–H groups in total. The zero-order valence-corrected chi connectivity index (χ0v) is 25.0. The maximum absolute atomic E-state index is 12.5. The molecule has 0 radical (unpaired) electrons.